The smallest absolute Gasteiger partial charge is 0.123 e. The molecule has 0 bridgehead atoms. The number of aromatic hydroxyl groups is 1. The monoisotopic (exact) mass is 253 g/mol. The first-order chi connectivity index (χ1) is 8.69. The fourth-order valence-corrected chi connectivity index (χ4v) is 2.30. The molecule has 1 aromatic carbocycles. The molecule has 1 heterocycles. The van der Waals surface area contributed by atoms with Gasteiger partial charge in [-0.2, -0.15) is 0 Å². The Morgan fingerprint density at radius 1 is 1.50 bits per heavy atom. The predicted molar refractivity (Wildman–Crippen MR) is 68.0 cm³/mol. The molecule has 4 heteroatoms. The van der Waals surface area contributed by atoms with Crippen LogP contribution >= 0.6 is 0 Å². The molecule has 1 fully saturated rings. The van der Waals surface area contributed by atoms with Crippen LogP contribution in [0.15, 0.2) is 18.2 Å². The number of rotatable bonds is 5. The van der Waals surface area contributed by atoms with Crippen molar-refractivity contribution in [2.75, 3.05) is 19.7 Å². The van der Waals surface area contributed by atoms with Crippen LogP contribution < -0.4 is 0 Å². The van der Waals surface area contributed by atoms with E-state index in [1.165, 1.54) is 18.2 Å². The summed E-state index contributed by atoms with van der Waals surface area (Å²) in [5, 5.41) is 9.72. The van der Waals surface area contributed by atoms with Crippen molar-refractivity contribution in [3.63, 3.8) is 0 Å². The molecule has 1 aliphatic rings. The molecule has 0 spiro atoms. The molecule has 1 saturated heterocycles. The maximum absolute atomic E-state index is 13.2. The molecule has 1 atom stereocenters. The molecule has 0 aromatic heterocycles. The van der Waals surface area contributed by atoms with Gasteiger partial charge in [0.1, 0.15) is 11.6 Å². The highest BCUT2D eigenvalue weighted by atomic mass is 19.1. The Hall–Kier alpha value is -1.13. The predicted octanol–water partition coefficient (Wildman–Crippen LogP) is 2.53. The average Bonchev–Trinajstić information content (AvgIpc) is 2.85. The van der Waals surface area contributed by atoms with Crippen molar-refractivity contribution in [3.8, 4) is 5.75 Å². The van der Waals surface area contributed by atoms with Gasteiger partial charge in [0.05, 0.1) is 6.10 Å². The van der Waals surface area contributed by atoms with E-state index in [-0.39, 0.29) is 17.7 Å². The summed E-state index contributed by atoms with van der Waals surface area (Å²) in [6.07, 6.45) is 2.49. The number of benzene rings is 1. The minimum Gasteiger partial charge on any atom is -0.508 e. The van der Waals surface area contributed by atoms with Gasteiger partial charge in [-0.3, -0.25) is 4.90 Å². The van der Waals surface area contributed by atoms with Gasteiger partial charge in [0.15, 0.2) is 0 Å². The summed E-state index contributed by atoms with van der Waals surface area (Å²) in [4.78, 5) is 2.17. The van der Waals surface area contributed by atoms with Gasteiger partial charge in [0, 0.05) is 25.3 Å². The molecule has 0 amide bonds. The second-order valence-electron chi connectivity index (χ2n) is 4.74. The molecule has 1 unspecified atom stereocenters. The van der Waals surface area contributed by atoms with Gasteiger partial charge in [-0.1, -0.05) is 6.92 Å². The van der Waals surface area contributed by atoms with Crippen molar-refractivity contribution < 1.29 is 14.2 Å². The van der Waals surface area contributed by atoms with E-state index < -0.39 is 0 Å². The first-order valence-corrected chi connectivity index (χ1v) is 6.50. The van der Waals surface area contributed by atoms with Gasteiger partial charge in [-0.25, -0.2) is 4.39 Å². The molecule has 2 rings (SSSR count). The molecule has 3 nitrogen and oxygen atoms in total. The molecule has 1 aromatic rings. The zero-order valence-electron chi connectivity index (χ0n) is 10.7. The number of likely N-dealkylation sites (N-methyl/N-ethyl adjacent to an activating group) is 1. The van der Waals surface area contributed by atoms with E-state index in [1.54, 1.807) is 0 Å². The molecular weight excluding hydrogens is 233 g/mol. The number of phenolic OH excluding ortho intramolecular Hbond substituents is 1. The van der Waals surface area contributed by atoms with Crippen LogP contribution in [0.4, 0.5) is 4.39 Å². The highest BCUT2D eigenvalue weighted by molar-refractivity contribution is 5.32. The molecule has 1 aliphatic heterocycles. The van der Waals surface area contributed by atoms with Gasteiger partial charge >= 0.3 is 0 Å². The van der Waals surface area contributed by atoms with Crippen LogP contribution in [0.5, 0.6) is 5.75 Å². The summed E-state index contributed by atoms with van der Waals surface area (Å²) in [5.41, 5.74) is 0.634. The Labute approximate surface area is 107 Å². The molecular formula is C14H20FNO2. The lowest BCUT2D eigenvalue weighted by Gasteiger charge is -2.24. The Kier molecular flexibility index (Phi) is 4.55. The lowest BCUT2D eigenvalue weighted by atomic mass is 10.1. The highest BCUT2D eigenvalue weighted by Gasteiger charge is 2.19. The van der Waals surface area contributed by atoms with Gasteiger partial charge in [-0.15, -0.1) is 0 Å². The van der Waals surface area contributed by atoms with E-state index in [0.29, 0.717) is 12.1 Å². The van der Waals surface area contributed by atoms with E-state index in [4.69, 9.17) is 4.74 Å². The second-order valence-corrected chi connectivity index (χ2v) is 4.74. The molecule has 100 valence electrons. The van der Waals surface area contributed by atoms with E-state index in [9.17, 15) is 9.50 Å². The van der Waals surface area contributed by atoms with Gasteiger partial charge in [0.2, 0.25) is 0 Å². The standard InChI is InChI=1S/C14H20FNO2/c1-2-16(10-13-4-3-7-18-13)9-11-8-12(15)5-6-14(11)17/h5-6,8,13,17H,2-4,7,9-10H2,1H3. The van der Waals surface area contributed by atoms with Crippen molar-refractivity contribution in [2.45, 2.75) is 32.4 Å². The van der Waals surface area contributed by atoms with Crippen molar-refractivity contribution >= 4 is 0 Å². The topological polar surface area (TPSA) is 32.7 Å². The van der Waals surface area contributed by atoms with Crippen LogP contribution in [0.2, 0.25) is 0 Å². The van der Waals surface area contributed by atoms with E-state index in [2.05, 4.69) is 11.8 Å². The fraction of sp³-hybridized carbons (Fsp3) is 0.571. The Bertz CT molecular complexity index is 391. The summed E-state index contributed by atoms with van der Waals surface area (Å²) in [6.45, 7) is 5.15. The van der Waals surface area contributed by atoms with E-state index in [1.807, 2.05) is 0 Å². The van der Waals surface area contributed by atoms with Gasteiger partial charge in [0.25, 0.3) is 0 Å². The van der Waals surface area contributed by atoms with E-state index >= 15 is 0 Å². The van der Waals surface area contributed by atoms with Crippen LogP contribution in [-0.2, 0) is 11.3 Å². The number of hydrogen-bond donors (Lipinski definition) is 1. The zero-order valence-corrected chi connectivity index (χ0v) is 10.7. The minimum absolute atomic E-state index is 0.155. The van der Waals surface area contributed by atoms with Crippen molar-refractivity contribution in [1.29, 1.82) is 0 Å². The number of halogens is 1. The maximum Gasteiger partial charge on any atom is 0.123 e. The Morgan fingerprint density at radius 3 is 3.00 bits per heavy atom. The second kappa shape index (κ2) is 6.16. The number of nitrogens with zero attached hydrogens (tertiary/aromatic N) is 1. The molecule has 0 radical (unpaired) electrons. The third kappa shape index (κ3) is 3.43. The lowest BCUT2D eigenvalue weighted by molar-refractivity contribution is 0.0722. The molecule has 0 saturated carbocycles. The average molecular weight is 253 g/mol. The summed E-state index contributed by atoms with van der Waals surface area (Å²) in [5.74, 6) is -0.154. The highest BCUT2D eigenvalue weighted by Crippen LogP contribution is 2.21. The first-order valence-electron chi connectivity index (χ1n) is 6.50. The summed E-state index contributed by atoms with van der Waals surface area (Å²) in [7, 11) is 0. The van der Waals surface area contributed by atoms with Crippen LogP contribution in [-0.4, -0.2) is 35.8 Å². The van der Waals surface area contributed by atoms with Crippen LogP contribution in [0.1, 0.15) is 25.3 Å². The third-order valence-corrected chi connectivity index (χ3v) is 3.37. The van der Waals surface area contributed by atoms with Crippen LogP contribution in [0.25, 0.3) is 0 Å². The number of hydrogen-bond acceptors (Lipinski definition) is 3. The number of ether oxygens (including phenoxy) is 1. The van der Waals surface area contributed by atoms with Crippen LogP contribution in [0, 0.1) is 5.82 Å². The van der Waals surface area contributed by atoms with E-state index in [0.717, 1.165) is 32.5 Å². The van der Waals surface area contributed by atoms with Crippen molar-refractivity contribution in [3.05, 3.63) is 29.6 Å². The van der Waals surface area contributed by atoms with Crippen molar-refractivity contribution in [1.82, 2.24) is 4.90 Å². The van der Waals surface area contributed by atoms with Crippen LogP contribution in [0.3, 0.4) is 0 Å². The first kappa shape index (κ1) is 13.3. The fourth-order valence-electron chi connectivity index (χ4n) is 2.30. The lowest BCUT2D eigenvalue weighted by Crippen LogP contribution is -2.31. The quantitative estimate of drug-likeness (QED) is 0.875. The maximum atomic E-state index is 13.2. The third-order valence-electron chi connectivity index (χ3n) is 3.37. The SMILES string of the molecule is CCN(Cc1cc(F)ccc1O)CC1CCCO1. The van der Waals surface area contributed by atoms with Gasteiger partial charge in [-0.05, 0) is 37.6 Å². The molecule has 18 heavy (non-hydrogen) atoms. The summed E-state index contributed by atoms with van der Waals surface area (Å²) in [6, 6.07) is 4.08. The Morgan fingerprint density at radius 2 is 2.33 bits per heavy atom. The minimum atomic E-state index is -0.309. The molecule has 1 N–H and O–H groups in total. The van der Waals surface area contributed by atoms with Crippen molar-refractivity contribution in [2.24, 2.45) is 0 Å². The summed E-state index contributed by atoms with van der Waals surface area (Å²) < 4.78 is 18.8. The largest absolute Gasteiger partial charge is 0.508 e. The zero-order chi connectivity index (χ0) is 13.0. The normalized spacial score (nSPS) is 19.6. The Balaban J connectivity index is 1.98. The molecule has 0 aliphatic carbocycles. The van der Waals surface area contributed by atoms with Gasteiger partial charge < -0.3 is 9.84 Å². The number of phenols is 1. The summed E-state index contributed by atoms with van der Waals surface area (Å²) >= 11 is 0.